The van der Waals surface area contributed by atoms with Gasteiger partial charge in [-0.2, -0.15) is 0 Å². The fourth-order valence-electron chi connectivity index (χ4n) is 2.46. The molecule has 0 unspecified atom stereocenters. The van der Waals surface area contributed by atoms with E-state index in [0.717, 1.165) is 17.0 Å². The molecule has 1 N–H and O–H groups in total. The van der Waals surface area contributed by atoms with E-state index < -0.39 is 35.7 Å². The molecular formula is C15H16F2N2O3. The van der Waals surface area contributed by atoms with Crippen LogP contribution in [-0.4, -0.2) is 34.1 Å². The van der Waals surface area contributed by atoms with Gasteiger partial charge in [-0.3, -0.25) is 19.5 Å². The summed E-state index contributed by atoms with van der Waals surface area (Å²) < 4.78 is 27.0. The number of aliphatic imine (C=N–C) groups is 1. The van der Waals surface area contributed by atoms with Crippen LogP contribution in [-0.2, 0) is 15.3 Å². The second kappa shape index (κ2) is 5.47. The number of amides is 1. The van der Waals surface area contributed by atoms with E-state index >= 15 is 0 Å². The summed E-state index contributed by atoms with van der Waals surface area (Å²) in [6.45, 7) is 4.35. The summed E-state index contributed by atoms with van der Waals surface area (Å²) in [4.78, 5) is 28.7. The van der Waals surface area contributed by atoms with E-state index in [2.05, 4.69) is 4.99 Å². The Labute approximate surface area is 126 Å². The molecule has 0 fully saturated rings. The molecule has 1 aliphatic heterocycles. The maximum absolute atomic E-state index is 13.5. The summed E-state index contributed by atoms with van der Waals surface area (Å²) in [5.74, 6) is -3.62. The number of carbonyl (C=O) groups is 2. The highest BCUT2D eigenvalue weighted by Gasteiger charge is 2.46. The molecule has 1 aromatic rings. The molecule has 1 amide bonds. The van der Waals surface area contributed by atoms with Crippen molar-refractivity contribution in [2.75, 3.05) is 6.54 Å². The number of carbonyl (C=O) groups excluding carboxylic acids is 1. The van der Waals surface area contributed by atoms with E-state index in [4.69, 9.17) is 5.11 Å². The minimum absolute atomic E-state index is 0.0928. The maximum Gasteiger partial charge on any atom is 0.323 e. The van der Waals surface area contributed by atoms with Crippen molar-refractivity contribution in [3.63, 3.8) is 0 Å². The summed E-state index contributed by atoms with van der Waals surface area (Å²) in [5, 5.41) is 9.01. The third-order valence-corrected chi connectivity index (χ3v) is 3.58. The van der Waals surface area contributed by atoms with E-state index in [1.165, 1.54) is 6.92 Å². The van der Waals surface area contributed by atoms with Crippen molar-refractivity contribution >= 4 is 17.6 Å². The third kappa shape index (κ3) is 2.70. The van der Waals surface area contributed by atoms with E-state index in [1.807, 2.05) is 0 Å². The lowest BCUT2D eigenvalue weighted by Crippen LogP contribution is -2.46. The highest BCUT2D eigenvalue weighted by Crippen LogP contribution is 2.36. The molecule has 0 spiro atoms. The molecule has 1 heterocycles. The van der Waals surface area contributed by atoms with Crippen molar-refractivity contribution in [3.8, 4) is 0 Å². The number of carboxylic acid groups (broad SMARTS) is 1. The molecule has 5 nitrogen and oxygen atoms in total. The zero-order valence-corrected chi connectivity index (χ0v) is 12.4. The molecule has 0 saturated heterocycles. The largest absolute Gasteiger partial charge is 0.480 e. The molecule has 0 aromatic heterocycles. The average Bonchev–Trinajstić information content (AvgIpc) is 2.63. The number of hydrogen-bond acceptors (Lipinski definition) is 3. The SMILES string of the molecule is CC(C)C1=N[C@@](C)(c2cc(F)cc(F)c2)N(CC(=O)O)C1=O. The van der Waals surface area contributed by atoms with E-state index in [9.17, 15) is 18.4 Å². The minimum atomic E-state index is -1.45. The van der Waals surface area contributed by atoms with Gasteiger partial charge >= 0.3 is 5.97 Å². The van der Waals surface area contributed by atoms with Crippen LogP contribution in [0.2, 0.25) is 0 Å². The summed E-state index contributed by atoms with van der Waals surface area (Å²) in [7, 11) is 0. The van der Waals surface area contributed by atoms with Crippen molar-refractivity contribution in [2.45, 2.75) is 26.4 Å². The number of rotatable bonds is 4. The van der Waals surface area contributed by atoms with Crippen LogP contribution in [0.15, 0.2) is 23.2 Å². The third-order valence-electron chi connectivity index (χ3n) is 3.58. The van der Waals surface area contributed by atoms with Crippen molar-refractivity contribution in [1.82, 2.24) is 4.90 Å². The Morgan fingerprint density at radius 3 is 2.32 bits per heavy atom. The van der Waals surface area contributed by atoms with Gasteiger partial charge < -0.3 is 5.11 Å². The number of nitrogens with zero attached hydrogens (tertiary/aromatic N) is 2. The quantitative estimate of drug-likeness (QED) is 0.926. The first-order chi connectivity index (χ1) is 10.1. The standard InChI is InChI=1S/C15H16F2N2O3/c1-8(2)13-14(22)19(7-12(20)21)15(3,18-13)9-4-10(16)6-11(17)5-9/h4-6,8H,7H2,1-3H3,(H,20,21)/t15-/m1/s1. The number of carboxylic acids is 1. The average molecular weight is 310 g/mol. The normalized spacial score (nSPS) is 21.5. The van der Waals surface area contributed by atoms with Gasteiger partial charge in [0, 0.05) is 17.5 Å². The van der Waals surface area contributed by atoms with Crippen LogP contribution in [0.25, 0.3) is 0 Å². The van der Waals surface area contributed by atoms with Crippen LogP contribution < -0.4 is 0 Å². The number of halogens is 2. The van der Waals surface area contributed by atoms with Crippen molar-refractivity contribution in [1.29, 1.82) is 0 Å². The van der Waals surface area contributed by atoms with Gasteiger partial charge in [0.1, 0.15) is 23.9 Å². The zero-order chi connectivity index (χ0) is 16.7. The smallest absolute Gasteiger partial charge is 0.323 e. The molecule has 1 aliphatic rings. The second-order valence-electron chi connectivity index (χ2n) is 5.62. The Balaban J connectivity index is 2.59. The zero-order valence-electron chi connectivity index (χ0n) is 12.4. The lowest BCUT2D eigenvalue weighted by molar-refractivity contribution is -0.145. The van der Waals surface area contributed by atoms with Gasteiger partial charge in [-0.1, -0.05) is 13.8 Å². The summed E-state index contributed by atoms with van der Waals surface area (Å²) >= 11 is 0. The Hall–Kier alpha value is -2.31. The van der Waals surface area contributed by atoms with Crippen LogP contribution in [0.5, 0.6) is 0 Å². The molecule has 1 aromatic carbocycles. The highest BCUT2D eigenvalue weighted by atomic mass is 19.1. The molecule has 0 radical (unpaired) electrons. The molecule has 2 rings (SSSR count). The van der Waals surface area contributed by atoms with Crippen LogP contribution in [0, 0.1) is 17.6 Å². The monoisotopic (exact) mass is 310 g/mol. The molecular weight excluding hydrogens is 294 g/mol. The Kier molecular flexibility index (Phi) is 4.00. The van der Waals surface area contributed by atoms with Gasteiger partial charge in [0.15, 0.2) is 5.66 Å². The topological polar surface area (TPSA) is 70.0 Å². The molecule has 0 saturated carbocycles. The molecule has 0 bridgehead atoms. The predicted molar refractivity (Wildman–Crippen MR) is 75.3 cm³/mol. The van der Waals surface area contributed by atoms with Crippen LogP contribution in [0.1, 0.15) is 26.3 Å². The van der Waals surface area contributed by atoms with Gasteiger partial charge in [0.25, 0.3) is 5.91 Å². The van der Waals surface area contributed by atoms with Crippen molar-refractivity contribution in [2.24, 2.45) is 10.9 Å². The van der Waals surface area contributed by atoms with E-state index in [1.54, 1.807) is 13.8 Å². The number of aliphatic carboxylic acids is 1. The van der Waals surface area contributed by atoms with Crippen LogP contribution >= 0.6 is 0 Å². The first-order valence-corrected chi connectivity index (χ1v) is 6.75. The molecule has 0 aliphatic carbocycles. The van der Waals surface area contributed by atoms with Gasteiger partial charge in [-0.25, -0.2) is 8.78 Å². The lowest BCUT2D eigenvalue weighted by Gasteiger charge is -2.32. The van der Waals surface area contributed by atoms with E-state index in [0.29, 0.717) is 6.07 Å². The minimum Gasteiger partial charge on any atom is -0.480 e. The molecule has 22 heavy (non-hydrogen) atoms. The fraction of sp³-hybridized carbons (Fsp3) is 0.400. The van der Waals surface area contributed by atoms with Gasteiger partial charge in [-0.15, -0.1) is 0 Å². The lowest BCUT2D eigenvalue weighted by atomic mass is 10.0. The van der Waals surface area contributed by atoms with Gasteiger partial charge in [0.05, 0.1) is 0 Å². The predicted octanol–water partition coefficient (Wildman–Crippen LogP) is 2.16. The molecule has 1 atom stereocenters. The van der Waals surface area contributed by atoms with Crippen LogP contribution in [0.4, 0.5) is 8.78 Å². The van der Waals surface area contributed by atoms with Crippen LogP contribution in [0.3, 0.4) is 0 Å². The van der Waals surface area contributed by atoms with E-state index in [-0.39, 0.29) is 17.2 Å². The summed E-state index contributed by atoms with van der Waals surface area (Å²) in [5.41, 5.74) is -1.17. The highest BCUT2D eigenvalue weighted by molar-refractivity contribution is 6.41. The van der Waals surface area contributed by atoms with Crippen molar-refractivity contribution in [3.05, 3.63) is 35.4 Å². The van der Waals surface area contributed by atoms with Crippen molar-refractivity contribution < 1.29 is 23.5 Å². The summed E-state index contributed by atoms with van der Waals surface area (Å²) in [6.07, 6.45) is 0. The first kappa shape index (κ1) is 16.1. The second-order valence-corrected chi connectivity index (χ2v) is 5.62. The maximum atomic E-state index is 13.5. The Morgan fingerprint density at radius 1 is 1.32 bits per heavy atom. The fourth-order valence-corrected chi connectivity index (χ4v) is 2.46. The van der Waals surface area contributed by atoms with Gasteiger partial charge in [-0.05, 0) is 19.1 Å². The Bertz CT molecular complexity index is 653. The first-order valence-electron chi connectivity index (χ1n) is 6.75. The molecule has 118 valence electrons. The number of benzene rings is 1. The van der Waals surface area contributed by atoms with Gasteiger partial charge in [0.2, 0.25) is 0 Å². The summed E-state index contributed by atoms with van der Waals surface area (Å²) in [6, 6.07) is 2.81. The molecule has 7 heteroatoms. The Morgan fingerprint density at radius 2 is 1.86 bits per heavy atom. The number of hydrogen-bond donors (Lipinski definition) is 1.